The molecule has 0 spiro atoms. The summed E-state index contributed by atoms with van der Waals surface area (Å²) in [6, 6.07) is 0. The Bertz CT molecular complexity index is 288. The van der Waals surface area contributed by atoms with Gasteiger partial charge in [-0.05, 0) is 13.0 Å². The molecular formula is C7H9N3O. The van der Waals surface area contributed by atoms with Crippen LogP contribution >= 0.6 is 0 Å². The smallest absolute Gasteiger partial charge is 0.241 e. The summed E-state index contributed by atoms with van der Waals surface area (Å²) < 4.78 is 0. The van der Waals surface area contributed by atoms with Gasteiger partial charge in [0.05, 0.1) is 11.9 Å². The van der Waals surface area contributed by atoms with Crippen molar-refractivity contribution in [2.24, 2.45) is 5.73 Å². The average Bonchev–Trinajstić information content (AvgIpc) is 2.31. The van der Waals surface area contributed by atoms with Gasteiger partial charge in [-0.1, -0.05) is 0 Å². The second-order valence-corrected chi connectivity index (χ2v) is 2.16. The van der Waals surface area contributed by atoms with Crippen molar-refractivity contribution in [1.29, 1.82) is 0 Å². The van der Waals surface area contributed by atoms with Crippen molar-refractivity contribution >= 4 is 12.0 Å². The van der Waals surface area contributed by atoms with Crippen molar-refractivity contribution in [1.82, 2.24) is 9.97 Å². The Morgan fingerprint density at radius 1 is 1.82 bits per heavy atom. The fourth-order valence-electron chi connectivity index (χ4n) is 0.696. The molecule has 0 saturated carbocycles. The van der Waals surface area contributed by atoms with Crippen molar-refractivity contribution < 1.29 is 4.79 Å². The van der Waals surface area contributed by atoms with Gasteiger partial charge in [0, 0.05) is 6.08 Å². The largest absolute Gasteiger partial charge is 0.366 e. The standard InChI is InChI=1S/C7H9N3O/c1-5-9-4-6(10-5)2-3-7(8)11/h2-4H,1H3,(H2,8,11)(H,9,10)/b3-2+. The number of aromatic nitrogens is 2. The number of imidazole rings is 1. The maximum Gasteiger partial charge on any atom is 0.241 e. The second-order valence-electron chi connectivity index (χ2n) is 2.16. The maximum absolute atomic E-state index is 10.3. The predicted molar refractivity (Wildman–Crippen MR) is 41.6 cm³/mol. The van der Waals surface area contributed by atoms with E-state index in [9.17, 15) is 4.79 Å². The number of aromatic amines is 1. The van der Waals surface area contributed by atoms with E-state index in [2.05, 4.69) is 9.97 Å². The van der Waals surface area contributed by atoms with Gasteiger partial charge in [-0.15, -0.1) is 0 Å². The van der Waals surface area contributed by atoms with Crippen LogP contribution in [0.1, 0.15) is 11.5 Å². The van der Waals surface area contributed by atoms with Gasteiger partial charge in [0.1, 0.15) is 5.82 Å². The molecule has 1 aromatic rings. The minimum Gasteiger partial charge on any atom is -0.366 e. The SMILES string of the molecule is Cc1ncc(/C=C/C(N)=O)[nH]1. The van der Waals surface area contributed by atoms with Crippen LogP contribution in [0.2, 0.25) is 0 Å². The zero-order chi connectivity index (χ0) is 8.27. The third kappa shape index (κ3) is 2.25. The number of nitrogens with one attached hydrogen (secondary N) is 1. The lowest BCUT2D eigenvalue weighted by Gasteiger charge is -1.81. The van der Waals surface area contributed by atoms with Crippen LogP contribution in [-0.2, 0) is 4.79 Å². The van der Waals surface area contributed by atoms with Gasteiger partial charge in [0.25, 0.3) is 0 Å². The molecule has 0 aliphatic carbocycles. The van der Waals surface area contributed by atoms with E-state index in [-0.39, 0.29) is 0 Å². The maximum atomic E-state index is 10.3. The van der Waals surface area contributed by atoms with Crippen molar-refractivity contribution in [3.63, 3.8) is 0 Å². The topological polar surface area (TPSA) is 71.8 Å². The molecule has 1 amide bonds. The third-order valence-electron chi connectivity index (χ3n) is 1.15. The molecule has 4 nitrogen and oxygen atoms in total. The number of H-pyrrole nitrogens is 1. The van der Waals surface area contributed by atoms with E-state index in [0.29, 0.717) is 0 Å². The number of hydrogen-bond acceptors (Lipinski definition) is 2. The minimum atomic E-state index is -0.461. The molecule has 0 atom stereocenters. The van der Waals surface area contributed by atoms with E-state index in [1.165, 1.54) is 6.08 Å². The quantitative estimate of drug-likeness (QED) is 0.593. The first-order valence-electron chi connectivity index (χ1n) is 3.17. The highest BCUT2D eigenvalue weighted by Gasteiger charge is 1.90. The highest BCUT2D eigenvalue weighted by molar-refractivity contribution is 5.89. The Balaban J connectivity index is 2.71. The summed E-state index contributed by atoms with van der Waals surface area (Å²) in [5.74, 6) is 0.353. The zero-order valence-corrected chi connectivity index (χ0v) is 6.16. The van der Waals surface area contributed by atoms with Gasteiger partial charge < -0.3 is 10.7 Å². The average molecular weight is 151 g/mol. The van der Waals surface area contributed by atoms with Crippen LogP contribution < -0.4 is 5.73 Å². The van der Waals surface area contributed by atoms with E-state index >= 15 is 0 Å². The first-order valence-corrected chi connectivity index (χ1v) is 3.17. The summed E-state index contributed by atoms with van der Waals surface area (Å²) in [6.45, 7) is 1.83. The highest BCUT2D eigenvalue weighted by atomic mass is 16.1. The molecule has 0 aliphatic rings. The molecule has 0 aromatic carbocycles. The molecule has 0 unspecified atom stereocenters. The lowest BCUT2D eigenvalue weighted by molar-refractivity contribution is -0.113. The first-order chi connectivity index (χ1) is 5.18. The third-order valence-corrected chi connectivity index (χ3v) is 1.15. The molecule has 1 rings (SSSR count). The van der Waals surface area contributed by atoms with Gasteiger partial charge in [-0.25, -0.2) is 4.98 Å². The molecule has 0 radical (unpaired) electrons. The van der Waals surface area contributed by atoms with Crippen LogP contribution in [0.3, 0.4) is 0 Å². The van der Waals surface area contributed by atoms with Crippen LogP contribution in [0.5, 0.6) is 0 Å². The number of amides is 1. The van der Waals surface area contributed by atoms with Crippen LogP contribution in [-0.4, -0.2) is 15.9 Å². The fourth-order valence-corrected chi connectivity index (χ4v) is 0.696. The summed E-state index contributed by atoms with van der Waals surface area (Å²) in [7, 11) is 0. The molecule has 0 aliphatic heterocycles. The molecule has 0 saturated heterocycles. The lowest BCUT2D eigenvalue weighted by Crippen LogP contribution is -2.05. The van der Waals surface area contributed by atoms with Crippen LogP contribution in [0.25, 0.3) is 6.08 Å². The van der Waals surface area contributed by atoms with Gasteiger partial charge in [0.2, 0.25) is 5.91 Å². The molecule has 1 heterocycles. The Hall–Kier alpha value is -1.58. The number of carbonyl (C=O) groups is 1. The number of carbonyl (C=O) groups excluding carboxylic acids is 1. The Kier molecular flexibility index (Phi) is 2.06. The van der Waals surface area contributed by atoms with Crippen LogP contribution in [0, 0.1) is 6.92 Å². The number of nitrogens with two attached hydrogens (primary N) is 1. The molecule has 11 heavy (non-hydrogen) atoms. The number of hydrogen-bond donors (Lipinski definition) is 2. The number of nitrogens with zero attached hydrogens (tertiary/aromatic N) is 1. The number of aryl methyl sites for hydroxylation is 1. The van der Waals surface area contributed by atoms with Crippen molar-refractivity contribution in [3.05, 3.63) is 23.8 Å². The normalized spacial score (nSPS) is 10.6. The Labute approximate surface area is 64.1 Å². The second kappa shape index (κ2) is 3.01. The van der Waals surface area contributed by atoms with Gasteiger partial charge in [0.15, 0.2) is 0 Å². The Morgan fingerprint density at radius 2 is 2.55 bits per heavy atom. The van der Waals surface area contributed by atoms with Crippen LogP contribution in [0.4, 0.5) is 0 Å². The molecule has 1 aromatic heterocycles. The summed E-state index contributed by atoms with van der Waals surface area (Å²) in [5, 5.41) is 0. The molecular weight excluding hydrogens is 142 g/mol. The van der Waals surface area contributed by atoms with Crippen molar-refractivity contribution in [3.8, 4) is 0 Å². The summed E-state index contributed by atoms with van der Waals surface area (Å²) in [4.78, 5) is 17.1. The first kappa shape index (κ1) is 7.53. The Morgan fingerprint density at radius 3 is 3.00 bits per heavy atom. The van der Waals surface area contributed by atoms with Crippen molar-refractivity contribution in [2.45, 2.75) is 6.92 Å². The van der Waals surface area contributed by atoms with Gasteiger partial charge in [-0.2, -0.15) is 0 Å². The summed E-state index contributed by atoms with van der Waals surface area (Å²) >= 11 is 0. The molecule has 3 N–H and O–H groups in total. The molecule has 0 fully saturated rings. The zero-order valence-electron chi connectivity index (χ0n) is 6.16. The number of primary amides is 1. The molecule has 4 heteroatoms. The summed E-state index contributed by atoms with van der Waals surface area (Å²) in [5.41, 5.74) is 5.67. The minimum absolute atomic E-state index is 0.461. The predicted octanol–water partition coefficient (Wildman–Crippen LogP) is 0.217. The van der Waals surface area contributed by atoms with E-state index in [0.717, 1.165) is 11.5 Å². The van der Waals surface area contributed by atoms with E-state index in [1.54, 1.807) is 12.3 Å². The lowest BCUT2D eigenvalue weighted by atomic mass is 10.4. The highest BCUT2D eigenvalue weighted by Crippen LogP contribution is 1.97. The van der Waals surface area contributed by atoms with E-state index < -0.39 is 5.91 Å². The van der Waals surface area contributed by atoms with Gasteiger partial charge in [-0.3, -0.25) is 4.79 Å². The summed E-state index contributed by atoms with van der Waals surface area (Å²) in [6.07, 6.45) is 4.50. The molecule has 0 bridgehead atoms. The monoisotopic (exact) mass is 151 g/mol. The molecule has 58 valence electrons. The van der Waals surface area contributed by atoms with Gasteiger partial charge >= 0.3 is 0 Å². The van der Waals surface area contributed by atoms with Crippen molar-refractivity contribution in [2.75, 3.05) is 0 Å². The van der Waals surface area contributed by atoms with E-state index in [1.807, 2.05) is 6.92 Å². The van der Waals surface area contributed by atoms with Crippen LogP contribution in [0.15, 0.2) is 12.3 Å². The number of rotatable bonds is 2. The van der Waals surface area contributed by atoms with E-state index in [4.69, 9.17) is 5.73 Å². The fraction of sp³-hybridized carbons (Fsp3) is 0.143.